The van der Waals surface area contributed by atoms with Gasteiger partial charge in [0.2, 0.25) is 5.67 Å². The zero-order valence-electron chi connectivity index (χ0n) is 22.5. The molecule has 0 aliphatic heterocycles. The van der Waals surface area contributed by atoms with E-state index in [2.05, 4.69) is 9.47 Å². The molecule has 2 aromatic rings. The summed E-state index contributed by atoms with van der Waals surface area (Å²) < 4.78 is 109. The molecule has 0 fully saturated rings. The van der Waals surface area contributed by atoms with Gasteiger partial charge >= 0.3 is 30.0 Å². The second kappa shape index (κ2) is 12.8. The number of alkyl halides is 6. The molecule has 2 aliphatic rings. The minimum atomic E-state index is -5.89. The molecule has 0 bridgehead atoms. The molecule has 0 saturated carbocycles. The van der Waals surface area contributed by atoms with Crippen molar-refractivity contribution in [3.05, 3.63) is 104 Å². The van der Waals surface area contributed by atoms with Crippen LogP contribution in [0, 0.1) is 0 Å². The Kier molecular flexibility index (Phi) is 9.84. The third-order valence-corrected chi connectivity index (χ3v) is 7.33. The molecule has 0 spiro atoms. The van der Waals surface area contributed by atoms with Gasteiger partial charge in [-0.1, -0.05) is 58.1 Å². The van der Waals surface area contributed by atoms with Crippen molar-refractivity contribution in [1.29, 1.82) is 0 Å². The molecule has 2 aliphatic carbocycles. The fourth-order valence-corrected chi connectivity index (χ4v) is 5.25. The number of rotatable bonds is 6. The summed E-state index contributed by atoms with van der Waals surface area (Å²) in [5.41, 5.74) is -4.03. The maximum absolute atomic E-state index is 15.6. The first-order valence-corrected chi connectivity index (χ1v) is 14.0. The van der Waals surface area contributed by atoms with E-state index in [1.165, 1.54) is 49.4 Å². The molecule has 16 heteroatoms. The Morgan fingerprint density at radius 2 is 1.22 bits per heavy atom. The van der Waals surface area contributed by atoms with Gasteiger partial charge < -0.3 is 18.9 Å². The lowest BCUT2D eigenvalue weighted by atomic mass is 9.78. The lowest BCUT2D eigenvalue weighted by Crippen LogP contribution is -2.67. The zero-order valence-corrected chi connectivity index (χ0v) is 25.5. The van der Waals surface area contributed by atoms with E-state index in [0.29, 0.717) is 0 Å². The first-order chi connectivity index (χ1) is 20.8. The van der Waals surface area contributed by atoms with Crippen LogP contribution < -0.4 is 9.47 Å². The molecule has 45 heavy (non-hydrogen) atoms. The van der Waals surface area contributed by atoms with Crippen molar-refractivity contribution in [3.63, 3.8) is 0 Å². The van der Waals surface area contributed by atoms with Crippen LogP contribution >= 0.6 is 46.4 Å². The lowest BCUT2D eigenvalue weighted by molar-refractivity contribution is -0.348. The number of carbonyl (C=O) groups is 2. The molecule has 0 heterocycles. The van der Waals surface area contributed by atoms with Crippen LogP contribution in [0.4, 0.5) is 35.9 Å². The molecule has 6 nitrogen and oxygen atoms in total. The quantitative estimate of drug-likeness (QED) is 0.128. The fourth-order valence-electron chi connectivity index (χ4n) is 4.24. The second-order valence-corrected chi connectivity index (χ2v) is 11.5. The lowest BCUT2D eigenvalue weighted by Gasteiger charge is -2.44. The predicted octanol–water partition coefficient (Wildman–Crippen LogP) is 10.8. The number of benzene rings is 2. The van der Waals surface area contributed by atoms with Crippen molar-refractivity contribution in [3.8, 4) is 11.5 Å². The van der Waals surface area contributed by atoms with Gasteiger partial charge in [0.15, 0.2) is 0 Å². The van der Waals surface area contributed by atoms with Crippen molar-refractivity contribution in [1.82, 2.24) is 0 Å². The van der Waals surface area contributed by atoms with Crippen LogP contribution in [-0.4, -0.2) is 35.7 Å². The SMILES string of the molecule is CC(CC1(F)C=CC(F)(OC(=O)Oc2cc(Cl)cc(Cl)c2)C(F)(F)C1(F)F)=C1C=CC(OC(=O)Oc2cc(Cl)cc(Cl)c2)=CC1. The van der Waals surface area contributed by atoms with Gasteiger partial charge in [-0.2, -0.15) is 22.0 Å². The Balaban J connectivity index is 1.45. The van der Waals surface area contributed by atoms with E-state index in [1.807, 2.05) is 0 Å². The Morgan fingerprint density at radius 1 is 0.711 bits per heavy atom. The van der Waals surface area contributed by atoms with E-state index in [0.717, 1.165) is 12.1 Å². The highest BCUT2D eigenvalue weighted by molar-refractivity contribution is 6.35. The summed E-state index contributed by atoms with van der Waals surface area (Å²) in [4.78, 5) is 24.1. The molecule has 2 aromatic carbocycles. The zero-order chi connectivity index (χ0) is 33.4. The van der Waals surface area contributed by atoms with Crippen molar-refractivity contribution in [2.75, 3.05) is 0 Å². The molecular formula is C29H18Cl4F6O6. The Labute approximate surface area is 271 Å². The number of hydrogen-bond acceptors (Lipinski definition) is 6. The molecule has 4 rings (SSSR count). The summed E-state index contributed by atoms with van der Waals surface area (Å²) in [6, 6.07) is 7.20. The molecule has 240 valence electrons. The van der Waals surface area contributed by atoms with Crippen LogP contribution in [0.5, 0.6) is 11.5 Å². The highest BCUT2D eigenvalue weighted by atomic mass is 35.5. The first kappa shape index (κ1) is 34.6. The van der Waals surface area contributed by atoms with Gasteiger partial charge in [0.25, 0.3) is 0 Å². The van der Waals surface area contributed by atoms with E-state index in [4.69, 9.17) is 55.9 Å². The van der Waals surface area contributed by atoms with Crippen LogP contribution in [0.2, 0.25) is 20.1 Å². The Morgan fingerprint density at radius 3 is 1.71 bits per heavy atom. The average Bonchev–Trinajstić information content (AvgIpc) is 2.90. The number of allylic oxidation sites excluding steroid dienone is 6. The van der Waals surface area contributed by atoms with E-state index in [9.17, 15) is 18.4 Å². The molecule has 0 N–H and O–H groups in total. The summed E-state index contributed by atoms with van der Waals surface area (Å²) >= 11 is 23.1. The minimum Gasteiger partial charge on any atom is -0.395 e. The van der Waals surface area contributed by atoms with E-state index in [1.54, 1.807) is 0 Å². The molecule has 0 radical (unpaired) electrons. The largest absolute Gasteiger partial charge is 0.519 e. The van der Waals surface area contributed by atoms with Gasteiger partial charge in [-0.15, -0.1) is 0 Å². The van der Waals surface area contributed by atoms with Crippen LogP contribution in [0.1, 0.15) is 19.8 Å². The molecular weight excluding hydrogens is 700 g/mol. The molecule has 0 saturated heterocycles. The minimum absolute atomic E-state index is 0.00793. The molecule has 2 atom stereocenters. The number of hydrogen-bond donors (Lipinski definition) is 0. The molecule has 0 aromatic heterocycles. The van der Waals surface area contributed by atoms with Crippen molar-refractivity contribution in [2.24, 2.45) is 0 Å². The smallest absolute Gasteiger partial charge is 0.395 e. The first-order valence-electron chi connectivity index (χ1n) is 12.5. The monoisotopic (exact) mass is 716 g/mol. The van der Waals surface area contributed by atoms with Gasteiger partial charge in [0.1, 0.15) is 17.3 Å². The molecule has 0 amide bonds. The number of carbonyl (C=O) groups excluding carboxylic acids is 2. The van der Waals surface area contributed by atoms with Gasteiger partial charge in [0, 0.05) is 26.5 Å². The van der Waals surface area contributed by atoms with Gasteiger partial charge in [-0.25, -0.2) is 14.0 Å². The maximum Gasteiger partial charge on any atom is 0.519 e. The Hall–Kier alpha value is -3.32. The fraction of sp³-hybridized carbons (Fsp3) is 0.241. The van der Waals surface area contributed by atoms with E-state index in [-0.39, 0.29) is 61.3 Å². The topological polar surface area (TPSA) is 71.1 Å². The summed E-state index contributed by atoms with van der Waals surface area (Å²) in [6.07, 6.45) is -1.34. The highest BCUT2D eigenvalue weighted by Gasteiger charge is 2.81. The van der Waals surface area contributed by atoms with Crippen molar-refractivity contribution >= 4 is 58.7 Å². The van der Waals surface area contributed by atoms with Crippen LogP contribution in [0.25, 0.3) is 0 Å². The Bertz CT molecular complexity index is 1620. The average molecular weight is 718 g/mol. The normalized spacial score (nSPS) is 24.4. The maximum atomic E-state index is 15.6. The van der Waals surface area contributed by atoms with Crippen LogP contribution in [0.15, 0.2) is 83.7 Å². The summed E-state index contributed by atoms with van der Waals surface area (Å²) in [5, 5.41) is 0.271. The number of ether oxygens (including phenoxy) is 4. The standard InChI is InChI=1S/C29H18Cl4F6O6/c1-15(16-2-4-21(5-3-16)42-24(40)43-22-10-17(30)8-18(31)11-22)14-26(34)6-7-27(35,29(38,39)28(26,36)37)45-25(41)44-23-12-19(32)9-20(33)13-23/h2,4-13H,3,14H2,1H3. The highest BCUT2D eigenvalue weighted by Crippen LogP contribution is 2.58. The predicted molar refractivity (Wildman–Crippen MR) is 153 cm³/mol. The van der Waals surface area contributed by atoms with E-state index < -0.39 is 47.8 Å². The third-order valence-electron chi connectivity index (χ3n) is 6.46. The summed E-state index contributed by atoms with van der Waals surface area (Å²) in [7, 11) is 0. The summed E-state index contributed by atoms with van der Waals surface area (Å²) in [5.74, 6) is -16.9. The second-order valence-electron chi connectivity index (χ2n) is 9.73. The summed E-state index contributed by atoms with van der Waals surface area (Å²) in [6.45, 7) is 1.20. The van der Waals surface area contributed by atoms with Crippen molar-refractivity contribution < 1.29 is 54.9 Å². The number of halogens is 10. The van der Waals surface area contributed by atoms with Crippen LogP contribution in [-0.2, 0) is 9.47 Å². The van der Waals surface area contributed by atoms with E-state index >= 15 is 17.6 Å². The van der Waals surface area contributed by atoms with Gasteiger partial charge in [-0.3, -0.25) is 0 Å². The van der Waals surface area contributed by atoms with Crippen LogP contribution in [0.3, 0.4) is 0 Å². The van der Waals surface area contributed by atoms with Crippen molar-refractivity contribution in [2.45, 2.75) is 43.1 Å². The van der Waals surface area contributed by atoms with Gasteiger partial charge in [-0.05, 0) is 79.6 Å². The third kappa shape index (κ3) is 7.40. The molecule has 2 unspecified atom stereocenters. The van der Waals surface area contributed by atoms with Gasteiger partial charge in [0.05, 0.1) is 0 Å².